The Morgan fingerprint density at radius 3 is 1.38 bits per heavy atom. The zero-order chi connectivity index (χ0) is 22.8. The predicted octanol–water partition coefficient (Wildman–Crippen LogP) is 2.71. The molecule has 172 valence electrons. The van der Waals surface area contributed by atoms with Gasteiger partial charge in [-0.1, -0.05) is 12.8 Å². The number of benzene rings is 2. The number of hydrogen-bond acceptors (Lipinski definition) is 6. The van der Waals surface area contributed by atoms with Crippen LogP contribution in [0.4, 0.5) is 0 Å². The van der Waals surface area contributed by atoms with Crippen LogP contribution in [0.1, 0.15) is 25.7 Å². The Labute approximate surface area is 188 Å². The summed E-state index contributed by atoms with van der Waals surface area (Å²) in [5.41, 5.74) is 0. The third kappa shape index (κ3) is 7.08. The third-order valence-electron chi connectivity index (χ3n) is 5.32. The van der Waals surface area contributed by atoms with Crippen molar-refractivity contribution in [1.29, 1.82) is 0 Å². The molecule has 2 N–H and O–H groups in total. The molecule has 32 heavy (non-hydrogen) atoms. The molecule has 1 aliphatic carbocycles. The second-order valence-corrected chi connectivity index (χ2v) is 7.56. The molecule has 0 aliphatic heterocycles. The maximum Gasteiger partial charge on any atom is 0.258 e. The lowest BCUT2D eigenvalue weighted by Gasteiger charge is -2.32. The van der Waals surface area contributed by atoms with E-state index in [2.05, 4.69) is 10.6 Å². The van der Waals surface area contributed by atoms with Crippen LogP contribution in [0.3, 0.4) is 0 Å². The molecule has 0 bridgehead atoms. The number of methoxy groups -OCH3 is 2. The lowest BCUT2D eigenvalue weighted by atomic mass is 9.90. The largest absolute Gasteiger partial charge is 0.497 e. The van der Waals surface area contributed by atoms with Crippen molar-refractivity contribution in [3.63, 3.8) is 0 Å². The van der Waals surface area contributed by atoms with E-state index >= 15 is 0 Å². The van der Waals surface area contributed by atoms with Gasteiger partial charge in [0, 0.05) is 12.1 Å². The Kier molecular flexibility index (Phi) is 8.60. The summed E-state index contributed by atoms with van der Waals surface area (Å²) >= 11 is 0. The van der Waals surface area contributed by atoms with Gasteiger partial charge in [-0.2, -0.15) is 0 Å². The molecule has 8 heteroatoms. The number of carbonyl (C=O) groups is 2. The monoisotopic (exact) mass is 442 g/mol. The minimum atomic E-state index is -0.221. The maximum atomic E-state index is 12.4. The van der Waals surface area contributed by atoms with Gasteiger partial charge in [0.2, 0.25) is 0 Å². The highest BCUT2D eigenvalue weighted by atomic mass is 16.5. The van der Waals surface area contributed by atoms with E-state index in [-0.39, 0.29) is 37.1 Å². The molecule has 0 aromatic heterocycles. The van der Waals surface area contributed by atoms with E-state index in [0.717, 1.165) is 37.2 Å². The van der Waals surface area contributed by atoms with Crippen molar-refractivity contribution in [3.05, 3.63) is 48.5 Å². The number of nitrogens with one attached hydrogen (secondary N) is 2. The van der Waals surface area contributed by atoms with Crippen LogP contribution in [-0.4, -0.2) is 51.3 Å². The zero-order valence-electron chi connectivity index (χ0n) is 18.5. The fraction of sp³-hybridized carbons (Fsp3) is 0.417. The van der Waals surface area contributed by atoms with Gasteiger partial charge in [-0.05, 0) is 61.4 Å². The average Bonchev–Trinajstić information content (AvgIpc) is 2.83. The van der Waals surface area contributed by atoms with Crippen LogP contribution in [0.15, 0.2) is 48.5 Å². The van der Waals surface area contributed by atoms with Crippen molar-refractivity contribution in [2.75, 3.05) is 27.4 Å². The second kappa shape index (κ2) is 11.8. The van der Waals surface area contributed by atoms with Crippen LogP contribution in [0, 0.1) is 0 Å². The van der Waals surface area contributed by atoms with Crippen LogP contribution < -0.4 is 29.6 Å². The highest BCUT2D eigenvalue weighted by Gasteiger charge is 2.28. The number of ether oxygens (including phenoxy) is 4. The van der Waals surface area contributed by atoms with Crippen molar-refractivity contribution in [3.8, 4) is 23.0 Å². The van der Waals surface area contributed by atoms with Crippen LogP contribution in [0.25, 0.3) is 0 Å². The van der Waals surface area contributed by atoms with E-state index < -0.39 is 0 Å². The highest BCUT2D eigenvalue weighted by Crippen LogP contribution is 2.20. The minimum Gasteiger partial charge on any atom is -0.497 e. The zero-order valence-corrected chi connectivity index (χ0v) is 18.5. The molecule has 2 aromatic carbocycles. The molecule has 0 radical (unpaired) electrons. The van der Waals surface area contributed by atoms with Gasteiger partial charge in [0.05, 0.1) is 14.2 Å². The highest BCUT2D eigenvalue weighted by molar-refractivity contribution is 5.79. The van der Waals surface area contributed by atoms with Crippen LogP contribution in [0.2, 0.25) is 0 Å². The molecule has 1 fully saturated rings. The molecular formula is C24H30N2O6. The Morgan fingerprint density at radius 2 is 1.03 bits per heavy atom. The van der Waals surface area contributed by atoms with Gasteiger partial charge >= 0.3 is 0 Å². The Morgan fingerprint density at radius 1 is 0.688 bits per heavy atom. The first-order valence-electron chi connectivity index (χ1n) is 10.7. The molecular weight excluding hydrogens is 412 g/mol. The van der Waals surface area contributed by atoms with Gasteiger partial charge < -0.3 is 29.6 Å². The number of rotatable bonds is 10. The Balaban J connectivity index is 1.44. The van der Waals surface area contributed by atoms with E-state index in [4.69, 9.17) is 18.9 Å². The second-order valence-electron chi connectivity index (χ2n) is 7.56. The SMILES string of the molecule is COc1ccc(OCC(=O)NC2CCCCC2NC(=O)COc2ccc(OC)cc2)cc1. The molecule has 2 aromatic rings. The average molecular weight is 443 g/mol. The first-order chi connectivity index (χ1) is 15.6. The van der Waals surface area contributed by atoms with Crippen molar-refractivity contribution >= 4 is 11.8 Å². The summed E-state index contributed by atoms with van der Waals surface area (Å²) in [7, 11) is 3.18. The summed E-state index contributed by atoms with van der Waals surface area (Å²) in [6.45, 7) is -0.186. The molecule has 0 heterocycles. The van der Waals surface area contributed by atoms with Crippen LogP contribution in [-0.2, 0) is 9.59 Å². The van der Waals surface area contributed by atoms with Gasteiger partial charge in [-0.25, -0.2) is 0 Å². The van der Waals surface area contributed by atoms with Gasteiger partial charge in [-0.15, -0.1) is 0 Å². The van der Waals surface area contributed by atoms with Crippen molar-refractivity contribution in [2.45, 2.75) is 37.8 Å². The summed E-state index contributed by atoms with van der Waals surface area (Å²) < 4.78 is 21.3. The first kappa shape index (κ1) is 23.2. The summed E-state index contributed by atoms with van der Waals surface area (Å²) in [6, 6.07) is 13.8. The molecule has 1 saturated carbocycles. The van der Waals surface area contributed by atoms with E-state index in [1.165, 1.54) is 0 Å². The lowest BCUT2D eigenvalue weighted by molar-refractivity contribution is -0.127. The summed E-state index contributed by atoms with van der Waals surface area (Å²) in [4.78, 5) is 24.8. The normalized spacial score (nSPS) is 17.7. The van der Waals surface area contributed by atoms with Crippen LogP contribution >= 0.6 is 0 Å². The van der Waals surface area contributed by atoms with Gasteiger partial charge in [-0.3, -0.25) is 9.59 Å². The molecule has 2 unspecified atom stereocenters. The van der Waals surface area contributed by atoms with Gasteiger partial charge in [0.15, 0.2) is 13.2 Å². The minimum absolute atomic E-state index is 0.0932. The number of carbonyl (C=O) groups excluding carboxylic acids is 2. The van der Waals surface area contributed by atoms with Gasteiger partial charge in [0.25, 0.3) is 11.8 Å². The third-order valence-corrected chi connectivity index (χ3v) is 5.32. The Bertz CT molecular complexity index is 796. The first-order valence-corrected chi connectivity index (χ1v) is 10.7. The number of hydrogen-bond donors (Lipinski definition) is 2. The summed E-state index contributed by atoms with van der Waals surface area (Å²) in [5, 5.41) is 5.99. The quantitative estimate of drug-likeness (QED) is 0.588. The van der Waals surface area contributed by atoms with E-state index in [9.17, 15) is 9.59 Å². The fourth-order valence-corrected chi connectivity index (χ4v) is 3.61. The number of amides is 2. The van der Waals surface area contributed by atoms with E-state index in [1.54, 1.807) is 62.8 Å². The summed E-state index contributed by atoms with van der Waals surface area (Å²) in [6.07, 6.45) is 3.61. The molecule has 0 saturated heterocycles. The molecule has 3 rings (SSSR count). The maximum absolute atomic E-state index is 12.4. The summed E-state index contributed by atoms with van der Waals surface area (Å²) in [5.74, 6) is 2.18. The van der Waals surface area contributed by atoms with E-state index in [0.29, 0.717) is 11.5 Å². The Hall–Kier alpha value is -3.42. The molecule has 2 amide bonds. The van der Waals surface area contributed by atoms with Crippen molar-refractivity contribution in [2.24, 2.45) is 0 Å². The molecule has 0 spiro atoms. The molecule has 8 nitrogen and oxygen atoms in total. The lowest BCUT2D eigenvalue weighted by Crippen LogP contribution is -2.54. The molecule has 1 aliphatic rings. The predicted molar refractivity (Wildman–Crippen MR) is 119 cm³/mol. The fourth-order valence-electron chi connectivity index (χ4n) is 3.61. The standard InChI is InChI=1S/C24H30N2O6/c1-29-17-7-11-19(12-8-17)31-15-23(27)25-21-5-3-4-6-22(21)26-24(28)16-32-20-13-9-18(30-2)10-14-20/h7-14,21-22H,3-6,15-16H2,1-2H3,(H,25,27)(H,26,28). The van der Waals surface area contributed by atoms with E-state index in [1.807, 2.05) is 0 Å². The van der Waals surface area contributed by atoms with Crippen molar-refractivity contribution in [1.82, 2.24) is 10.6 Å². The van der Waals surface area contributed by atoms with Crippen molar-refractivity contribution < 1.29 is 28.5 Å². The smallest absolute Gasteiger partial charge is 0.258 e. The van der Waals surface area contributed by atoms with Crippen LogP contribution in [0.5, 0.6) is 23.0 Å². The topological polar surface area (TPSA) is 95.1 Å². The molecule has 2 atom stereocenters. The van der Waals surface area contributed by atoms with Gasteiger partial charge in [0.1, 0.15) is 23.0 Å².